The van der Waals surface area contributed by atoms with E-state index >= 15 is 0 Å². The molecule has 0 aromatic heterocycles. The molecular weight excluding hydrogens is 202 g/mol. The van der Waals surface area contributed by atoms with Crippen molar-refractivity contribution in [3.8, 4) is 6.07 Å². The molecule has 1 amide bonds. The van der Waals surface area contributed by atoms with Gasteiger partial charge in [-0.05, 0) is 24.1 Å². The first-order valence-corrected chi connectivity index (χ1v) is 4.25. The highest BCUT2D eigenvalue weighted by Gasteiger charge is 2.03. The first-order valence-electron chi connectivity index (χ1n) is 4.25. The third-order valence-corrected chi connectivity index (χ3v) is 1.78. The molecule has 0 fully saturated rings. The van der Waals surface area contributed by atoms with Crippen molar-refractivity contribution in [3.63, 3.8) is 0 Å². The lowest BCUT2D eigenvalue weighted by molar-refractivity contribution is -0.115. The normalized spacial score (nSPS) is 9.40. The van der Waals surface area contributed by atoms with Crippen molar-refractivity contribution in [2.24, 2.45) is 0 Å². The number of halogens is 2. The summed E-state index contributed by atoms with van der Waals surface area (Å²) in [6, 6.07) is 4.90. The van der Waals surface area contributed by atoms with Gasteiger partial charge in [0.15, 0.2) is 17.7 Å². The van der Waals surface area contributed by atoms with Gasteiger partial charge in [-0.15, -0.1) is 0 Å². The number of hydrogen-bond donors (Lipinski definition) is 1. The van der Waals surface area contributed by atoms with Crippen LogP contribution in [-0.2, 0) is 11.2 Å². The van der Waals surface area contributed by atoms with Gasteiger partial charge in [0.05, 0.1) is 0 Å². The van der Waals surface area contributed by atoms with E-state index in [9.17, 15) is 13.6 Å². The van der Waals surface area contributed by atoms with Gasteiger partial charge in [-0.1, -0.05) is 6.07 Å². The summed E-state index contributed by atoms with van der Waals surface area (Å²) in [5.41, 5.74) is 0.562. The standard InChI is InChI=1S/C10H8F2N2O/c11-8-2-1-7(5-9(8)12)3-4-14-10(15)6-13/h1-2,5H,3-4H2,(H,14,15). The van der Waals surface area contributed by atoms with Gasteiger partial charge in [0, 0.05) is 6.54 Å². The SMILES string of the molecule is N#CC(=O)NCCc1ccc(F)c(F)c1. The van der Waals surface area contributed by atoms with E-state index in [1.807, 2.05) is 0 Å². The minimum Gasteiger partial charge on any atom is -0.343 e. The molecule has 1 aromatic carbocycles. The maximum Gasteiger partial charge on any atom is 0.322 e. The molecule has 0 saturated heterocycles. The van der Waals surface area contributed by atoms with E-state index < -0.39 is 17.5 Å². The second kappa shape index (κ2) is 5.05. The van der Waals surface area contributed by atoms with Crippen LogP contribution in [0.1, 0.15) is 5.56 Å². The average molecular weight is 210 g/mol. The molecule has 0 atom stereocenters. The summed E-state index contributed by atoms with van der Waals surface area (Å²) in [5, 5.41) is 10.4. The zero-order chi connectivity index (χ0) is 11.3. The summed E-state index contributed by atoms with van der Waals surface area (Å²) in [6.07, 6.45) is 0.352. The molecule has 5 heteroatoms. The Bertz CT molecular complexity index is 412. The van der Waals surface area contributed by atoms with Crippen LogP contribution in [0.15, 0.2) is 18.2 Å². The number of carbonyl (C=O) groups is 1. The molecule has 15 heavy (non-hydrogen) atoms. The first-order chi connectivity index (χ1) is 7.13. The molecule has 1 aromatic rings. The Labute approximate surface area is 85.3 Å². The second-order valence-electron chi connectivity index (χ2n) is 2.87. The van der Waals surface area contributed by atoms with Crippen LogP contribution in [0.5, 0.6) is 0 Å². The third-order valence-electron chi connectivity index (χ3n) is 1.78. The van der Waals surface area contributed by atoms with Crippen molar-refractivity contribution in [3.05, 3.63) is 35.4 Å². The number of nitriles is 1. The number of amides is 1. The van der Waals surface area contributed by atoms with Crippen LogP contribution in [0, 0.1) is 23.0 Å². The third kappa shape index (κ3) is 3.35. The van der Waals surface area contributed by atoms with Crippen molar-refractivity contribution >= 4 is 5.91 Å². The fourth-order valence-electron chi connectivity index (χ4n) is 1.06. The van der Waals surface area contributed by atoms with Crippen LogP contribution < -0.4 is 5.32 Å². The van der Waals surface area contributed by atoms with Gasteiger partial charge in [-0.2, -0.15) is 5.26 Å². The Morgan fingerprint density at radius 3 is 2.73 bits per heavy atom. The summed E-state index contributed by atoms with van der Waals surface area (Å²) in [4.78, 5) is 10.5. The molecule has 1 N–H and O–H groups in total. The van der Waals surface area contributed by atoms with Crippen LogP contribution in [0.25, 0.3) is 0 Å². The Morgan fingerprint density at radius 2 is 2.13 bits per heavy atom. The first kappa shape index (κ1) is 11.1. The van der Waals surface area contributed by atoms with Crippen LogP contribution in [-0.4, -0.2) is 12.5 Å². The summed E-state index contributed by atoms with van der Waals surface area (Å²) in [7, 11) is 0. The lowest BCUT2D eigenvalue weighted by atomic mass is 10.1. The fourth-order valence-corrected chi connectivity index (χ4v) is 1.06. The fraction of sp³-hybridized carbons (Fsp3) is 0.200. The van der Waals surface area contributed by atoms with Gasteiger partial charge in [0.25, 0.3) is 0 Å². The van der Waals surface area contributed by atoms with Gasteiger partial charge in [0.2, 0.25) is 0 Å². The van der Waals surface area contributed by atoms with E-state index in [2.05, 4.69) is 5.32 Å². The molecule has 78 valence electrons. The number of benzene rings is 1. The smallest absolute Gasteiger partial charge is 0.322 e. The van der Waals surface area contributed by atoms with Gasteiger partial charge >= 0.3 is 5.91 Å². The quantitative estimate of drug-likeness (QED) is 0.761. The number of nitrogens with zero attached hydrogens (tertiary/aromatic N) is 1. The highest BCUT2D eigenvalue weighted by molar-refractivity contribution is 5.91. The van der Waals surface area contributed by atoms with E-state index in [4.69, 9.17) is 5.26 Å². The molecule has 0 aliphatic carbocycles. The lowest BCUT2D eigenvalue weighted by Crippen LogP contribution is -2.23. The summed E-state index contributed by atoms with van der Waals surface area (Å²) < 4.78 is 25.2. The van der Waals surface area contributed by atoms with E-state index in [0.29, 0.717) is 12.0 Å². The highest BCUT2D eigenvalue weighted by Crippen LogP contribution is 2.08. The molecule has 1 rings (SSSR count). The van der Waals surface area contributed by atoms with Crippen molar-refractivity contribution < 1.29 is 13.6 Å². The van der Waals surface area contributed by atoms with Crippen LogP contribution >= 0.6 is 0 Å². The van der Waals surface area contributed by atoms with Gasteiger partial charge in [-0.3, -0.25) is 4.79 Å². The van der Waals surface area contributed by atoms with Gasteiger partial charge in [0.1, 0.15) is 0 Å². The lowest BCUT2D eigenvalue weighted by Gasteiger charge is -2.01. The Hall–Kier alpha value is -1.96. The van der Waals surface area contributed by atoms with Gasteiger partial charge in [-0.25, -0.2) is 8.78 Å². The molecule has 0 unspecified atom stereocenters. The van der Waals surface area contributed by atoms with Gasteiger partial charge < -0.3 is 5.32 Å². The Morgan fingerprint density at radius 1 is 1.40 bits per heavy atom. The zero-order valence-electron chi connectivity index (χ0n) is 7.76. The minimum absolute atomic E-state index is 0.220. The average Bonchev–Trinajstić information content (AvgIpc) is 2.23. The molecule has 0 spiro atoms. The van der Waals surface area contributed by atoms with Crippen molar-refractivity contribution in [1.82, 2.24) is 5.32 Å². The monoisotopic (exact) mass is 210 g/mol. The van der Waals surface area contributed by atoms with Crippen LogP contribution in [0.3, 0.4) is 0 Å². The van der Waals surface area contributed by atoms with Crippen molar-refractivity contribution in [1.29, 1.82) is 5.26 Å². The largest absolute Gasteiger partial charge is 0.343 e. The topological polar surface area (TPSA) is 52.9 Å². The Balaban J connectivity index is 2.49. The van der Waals surface area contributed by atoms with E-state index in [-0.39, 0.29) is 6.54 Å². The molecule has 3 nitrogen and oxygen atoms in total. The summed E-state index contributed by atoms with van der Waals surface area (Å²) in [6.45, 7) is 0.220. The second-order valence-corrected chi connectivity index (χ2v) is 2.87. The maximum atomic E-state index is 12.7. The van der Waals surface area contributed by atoms with E-state index in [0.717, 1.165) is 12.1 Å². The van der Waals surface area contributed by atoms with Crippen LogP contribution in [0.2, 0.25) is 0 Å². The molecular formula is C10H8F2N2O. The molecule has 0 bridgehead atoms. The number of nitrogens with one attached hydrogen (secondary N) is 1. The van der Waals surface area contributed by atoms with Crippen molar-refractivity contribution in [2.75, 3.05) is 6.54 Å². The highest BCUT2D eigenvalue weighted by atomic mass is 19.2. The minimum atomic E-state index is -0.917. The van der Waals surface area contributed by atoms with Crippen LogP contribution in [0.4, 0.5) is 8.78 Å². The predicted octanol–water partition coefficient (Wildman–Crippen LogP) is 1.15. The molecule has 0 saturated carbocycles. The van der Waals surface area contributed by atoms with E-state index in [1.54, 1.807) is 0 Å². The molecule has 0 radical (unpaired) electrons. The molecule has 0 heterocycles. The van der Waals surface area contributed by atoms with Crippen molar-refractivity contribution in [2.45, 2.75) is 6.42 Å². The number of hydrogen-bond acceptors (Lipinski definition) is 2. The predicted molar refractivity (Wildman–Crippen MR) is 48.7 cm³/mol. The zero-order valence-corrected chi connectivity index (χ0v) is 7.76. The molecule has 0 aliphatic rings. The Kier molecular flexibility index (Phi) is 3.75. The van der Waals surface area contributed by atoms with E-state index in [1.165, 1.54) is 12.1 Å². The number of rotatable bonds is 3. The maximum absolute atomic E-state index is 12.7. The summed E-state index contributed by atoms with van der Waals surface area (Å²) >= 11 is 0. The summed E-state index contributed by atoms with van der Waals surface area (Å²) in [5.74, 6) is -2.56. The number of carbonyl (C=O) groups excluding carboxylic acids is 1. The molecule has 0 aliphatic heterocycles.